The van der Waals surface area contributed by atoms with E-state index < -0.39 is 0 Å². The van der Waals surface area contributed by atoms with Crippen molar-refractivity contribution >= 4 is 28.3 Å². The van der Waals surface area contributed by atoms with Crippen molar-refractivity contribution in [2.75, 3.05) is 5.73 Å². The predicted molar refractivity (Wildman–Crippen MR) is 91.9 cm³/mol. The van der Waals surface area contributed by atoms with Crippen molar-refractivity contribution in [1.29, 1.82) is 0 Å². The lowest BCUT2D eigenvalue weighted by atomic mass is 9.80. The van der Waals surface area contributed by atoms with E-state index >= 15 is 0 Å². The molecule has 5 heteroatoms. The lowest BCUT2D eigenvalue weighted by Crippen LogP contribution is -2.13. The molecule has 0 amide bonds. The van der Waals surface area contributed by atoms with Gasteiger partial charge in [0.05, 0.1) is 5.56 Å². The highest BCUT2D eigenvalue weighted by molar-refractivity contribution is 14.1. The van der Waals surface area contributed by atoms with Gasteiger partial charge in [0.2, 0.25) is 0 Å². The molecule has 1 aromatic heterocycles. The van der Waals surface area contributed by atoms with Gasteiger partial charge in [-0.25, -0.2) is 0 Å². The number of nitrogens with two attached hydrogens (primary N) is 1. The molecule has 2 aromatic rings. The van der Waals surface area contributed by atoms with Gasteiger partial charge >= 0.3 is 0 Å². The van der Waals surface area contributed by atoms with Crippen LogP contribution in [0.25, 0.3) is 11.5 Å². The first-order valence-corrected chi connectivity index (χ1v) is 8.64. The van der Waals surface area contributed by atoms with E-state index in [1.807, 2.05) is 18.2 Å². The third-order valence-corrected chi connectivity index (χ3v) is 5.15. The minimum absolute atomic E-state index is 0.439. The first-order valence-electron chi connectivity index (χ1n) is 7.56. The molecule has 1 fully saturated rings. The van der Waals surface area contributed by atoms with Crippen molar-refractivity contribution in [3.63, 3.8) is 0 Å². The number of rotatable bonds is 3. The highest BCUT2D eigenvalue weighted by atomic mass is 127. The summed E-state index contributed by atoms with van der Waals surface area (Å²) < 4.78 is 6.56. The third-order valence-electron chi connectivity index (χ3n) is 4.48. The van der Waals surface area contributed by atoms with Crippen LogP contribution in [0, 0.1) is 9.49 Å². The summed E-state index contributed by atoms with van der Waals surface area (Å²) in [6, 6.07) is 5.84. The minimum atomic E-state index is 0.439. The van der Waals surface area contributed by atoms with Crippen LogP contribution >= 0.6 is 22.6 Å². The minimum Gasteiger partial charge on any atom is -0.398 e. The van der Waals surface area contributed by atoms with Crippen molar-refractivity contribution in [3.8, 4) is 11.5 Å². The van der Waals surface area contributed by atoms with E-state index in [9.17, 15) is 0 Å². The topological polar surface area (TPSA) is 64.9 Å². The molecular weight excluding hydrogens is 377 g/mol. The maximum Gasteiger partial charge on any atom is 0.260 e. The Morgan fingerprint density at radius 1 is 1.29 bits per heavy atom. The standard InChI is InChI=1S/C16H20IN3O/c1-2-10-3-5-11(6-4-10)15-19-16(21-20-15)13-9-12(17)7-8-14(13)18/h7-11H,2-6,18H2,1H3. The molecule has 0 radical (unpaired) electrons. The van der Waals surface area contributed by atoms with E-state index in [0.717, 1.165) is 20.9 Å². The Hall–Kier alpha value is -1.11. The van der Waals surface area contributed by atoms with Crippen molar-refractivity contribution in [2.24, 2.45) is 5.92 Å². The number of hydrogen-bond acceptors (Lipinski definition) is 4. The molecule has 112 valence electrons. The molecule has 1 heterocycles. The van der Waals surface area contributed by atoms with Crippen LogP contribution in [0.2, 0.25) is 0 Å². The zero-order valence-electron chi connectivity index (χ0n) is 12.2. The predicted octanol–water partition coefficient (Wildman–Crippen LogP) is 4.61. The van der Waals surface area contributed by atoms with Crippen LogP contribution < -0.4 is 5.73 Å². The first-order chi connectivity index (χ1) is 10.2. The second-order valence-corrected chi connectivity index (χ2v) is 7.06. The average molecular weight is 397 g/mol. The second kappa shape index (κ2) is 6.34. The molecule has 1 aliphatic rings. The van der Waals surface area contributed by atoms with Crippen LogP contribution in [0.4, 0.5) is 5.69 Å². The van der Waals surface area contributed by atoms with Gasteiger partial charge in [0.1, 0.15) is 0 Å². The fourth-order valence-corrected chi connectivity index (χ4v) is 3.54. The smallest absolute Gasteiger partial charge is 0.260 e. The molecule has 0 spiro atoms. The average Bonchev–Trinajstić information content (AvgIpc) is 2.99. The summed E-state index contributed by atoms with van der Waals surface area (Å²) in [6.07, 6.45) is 6.16. The van der Waals surface area contributed by atoms with Gasteiger partial charge in [0, 0.05) is 15.2 Å². The maximum absolute atomic E-state index is 6.01. The van der Waals surface area contributed by atoms with Crippen LogP contribution in [0.15, 0.2) is 22.7 Å². The van der Waals surface area contributed by atoms with E-state index in [1.54, 1.807) is 0 Å². The van der Waals surface area contributed by atoms with E-state index in [4.69, 9.17) is 10.3 Å². The van der Waals surface area contributed by atoms with E-state index in [1.165, 1.54) is 32.1 Å². The Labute approximate surface area is 138 Å². The van der Waals surface area contributed by atoms with Gasteiger partial charge in [-0.2, -0.15) is 4.98 Å². The Morgan fingerprint density at radius 3 is 2.76 bits per heavy atom. The first kappa shape index (κ1) is 14.8. The monoisotopic (exact) mass is 397 g/mol. The molecule has 0 aliphatic heterocycles. The Morgan fingerprint density at radius 2 is 2.05 bits per heavy atom. The molecule has 0 atom stereocenters. The molecule has 4 nitrogen and oxygen atoms in total. The lowest BCUT2D eigenvalue weighted by Gasteiger charge is -2.25. The second-order valence-electron chi connectivity index (χ2n) is 5.82. The summed E-state index contributed by atoms with van der Waals surface area (Å²) in [5, 5.41) is 4.19. The van der Waals surface area contributed by atoms with E-state index in [2.05, 4.69) is 39.7 Å². The van der Waals surface area contributed by atoms with Crippen LogP contribution in [0.3, 0.4) is 0 Å². The molecule has 2 N–H and O–H groups in total. The Balaban J connectivity index is 1.79. The Bertz CT molecular complexity index is 618. The molecule has 21 heavy (non-hydrogen) atoms. The summed E-state index contributed by atoms with van der Waals surface area (Å²) in [5.74, 6) is 2.70. The van der Waals surface area contributed by atoms with Gasteiger partial charge in [-0.15, -0.1) is 0 Å². The van der Waals surface area contributed by atoms with Crippen LogP contribution in [-0.2, 0) is 0 Å². The zero-order chi connectivity index (χ0) is 14.8. The fraction of sp³-hybridized carbons (Fsp3) is 0.500. The summed E-state index contributed by atoms with van der Waals surface area (Å²) in [5.41, 5.74) is 7.53. The number of nitrogens with zero attached hydrogens (tertiary/aromatic N) is 2. The van der Waals surface area contributed by atoms with Crippen molar-refractivity contribution in [1.82, 2.24) is 10.1 Å². The molecular formula is C16H20IN3O. The van der Waals surface area contributed by atoms with E-state index in [-0.39, 0.29) is 0 Å². The highest BCUT2D eigenvalue weighted by Crippen LogP contribution is 2.36. The zero-order valence-corrected chi connectivity index (χ0v) is 14.3. The number of anilines is 1. The molecule has 1 aromatic carbocycles. The fourth-order valence-electron chi connectivity index (χ4n) is 3.05. The largest absolute Gasteiger partial charge is 0.398 e. The normalized spacial score (nSPS) is 22.4. The number of benzene rings is 1. The van der Waals surface area contributed by atoms with Crippen LogP contribution in [0.5, 0.6) is 0 Å². The molecule has 0 unspecified atom stereocenters. The van der Waals surface area contributed by atoms with Crippen molar-refractivity contribution in [3.05, 3.63) is 27.6 Å². The summed E-state index contributed by atoms with van der Waals surface area (Å²) >= 11 is 2.26. The number of aromatic nitrogens is 2. The number of hydrogen-bond donors (Lipinski definition) is 1. The lowest BCUT2D eigenvalue weighted by molar-refractivity contribution is 0.305. The highest BCUT2D eigenvalue weighted by Gasteiger charge is 2.25. The van der Waals surface area contributed by atoms with Gasteiger partial charge in [-0.3, -0.25) is 0 Å². The molecule has 0 bridgehead atoms. The van der Waals surface area contributed by atoms with Crippen molar-refractivity contribution in [2.45, 2.75) is 44.9 Å². The number of halogens is 1. The van der Waals surface area contributed by atoms with Gasteiger partial charge in [0.15, 0.2) is 5.82 Å². The van der Waals surface area contributed by atoms with Gasteiger partial charge in [0.25, 0.3) is 5.89 Å². The summed E-state index contributed by atoms with van der Waals surface area (Å²) in [4.78, 5) is 4.60. The summed E-state index contributed by atoms with van der Waals surface area (Å²) in [7, 11) is 0. The van der Waals surface area contributed by atoms with Crippen molar-refractivity contribution < 1.29 is 4.52 Å². The molecule has 3 rings (SSSR count). The van der Waals surface area contributed by atoms with E-state index in [0.29, 0.717) is 17.5 Å². The number of nitrogen functional groups attached to an aromatic ring is 1. The Kier molecular flexibility index (Phi) is 4.47. The maximum atomic E-state index is 6.01. The van der Waals surface area contributed by atoms with Gasteiger partial charge in [-0.05, 0) is 72.4 Å². The van der Waals surface area contributed by atoms with Gasteiger partial charge in [-0.1, -0.05) is 18.5 Å². The van der Waals surface area contributed by atoms with Gasteiger partial charge < -0.3 is 10.3 Å². The van der Waals surface area contributed by atoms with Crippen LogP contribution in [-0.4, -0.2) is 10.1 Å². The molecule has 1 saturated carbocycles. The summed E-state index contributed by atoms with van der Waals surface area (Å²) in [6.45, 7) is 2.28. The molecule has 1 aliphatic carbocycles. The molecule has 0 saturated heterocycles. The third kappa shape index (κ3) is 3.22. The SMILES string of the molecule is CCC1CCC(c2noc(-c3cc(I)ccc3N)n2)CC1. The van der Waals surface area contributed by atoms with Crippen LogP contribution in [0.1, 0.15) is 50.8 Å². The quantitative estimate of drug-likeness (QED) is 0.607.